The molecule has 0 saturated carbocycles. The largest absolute Gasteiger partial charge is 0.394 e. The molecule has 0 bridgehead atoms. The third-order valence-corrected chi connectivity index (χ3v) is 5.26. The normalized spacial score (nSPS) is 40.5. The van der Waals surface area contributed by atoms with Gasteiger partial charge in [0, 0.05) is 6.42 Å². The van der Waals surface area contributed by atoms with Crippen LogP contribution in [0.15, 0.2) is 0 Å². The van der Waals surface area contributed by atoms with Gasteiger partial charge in [-0.2, -0.15) is 0 Å². The maximum absolute atomic E-state index is 10.4. The van der Waals surface area contributed by atoms with E-state index in [-0.39, 0.29) is 12.2 Å². The third kappa shape index (κ3) is 6.08. The van der Waals surface area contributed by atoms with Crippen molar-refractivity contribution in [3.05, 3.63) is 0 Å². The predicted molar refractivity (Wildman–Crippen MR) is 101 cm³/mol. The Hall–Kier alpha value is -0.440. The van der Waals surface area contributed by atoms with Gasteiger partial charge in [-0.15, -0.1) is 0 Å². The monoisotopic (exact) mass is 440 g/mol. The molecular weight excluding hydrogens is 404 g/mol. The molecule has 2 fully saturated rings. The zero-order valence-electron chi connectivity index (χ0n) is 17.8. The average molecular weight is 440 g/mol. The van der Waals surface area contributed by atoms with Crippen LogP contribution in [-0.4, -0.2) is 111 Å². The molecule has 0 aromatic heterocycles. The summed E-state index contributed by atoms with van der Waals surface area (Å²) >= 11 is 0. The van der Waals surface area contributed by atoms with Crippen LogP contribution in [-0.2, 0) is 23.7 Å². The van der Waals surface area contributed by atoms with Crippen molar-refractivity contribution >= 4 is 0 Å². The summed E-state index contributed by atoms with van der Waals surface area (Å²) in [6, 6.07) is 0. The fourth-order valence-corrected chi connectivity index (χ4v) is 3.44. The smallest absolute Gasteiger partial charge is 0.218 e. The van der Waals surface area contributed by atoms with Gasteiger partial charge < -0.3 is 54.3 Å². The first-order valence-electron chi connectivity index (χ1n) is 10.3. The van der Waals surface area contributed by atoms with Gasteiger partial charge in [0.1, 0.15) is 30.5 Å². The van der Waals surface area contributed by atoms with E-state index in [0.29, 0.717) is 6.42 Å². The number of hydrogen-bond donors (Lipinski definition) is 6. The predicted octanol–water partition coefficient (Wildman–Crippen LogP) is -1.79. The molecule has 0 aromatic rings. The van der Waals surface area contributed by atoms with Gasteiger partial charge >= 0.3 is 0 Å². The second-order valence-electron chi connectivity index (χ2n) is 8.16. The van der Waals surface area contributed by atoms with Crippen molar-refractivity contribution in [1.29, 1.82) is 0 Å². The highest BCUT2D eigenvalue weighted by Crippen LogP contribution is 2.34. The minimum Gasteiger partial charge on any atom is -0.394 e. The van der Waals surface area contributed by atoms with E-state index in [2.05, 4.69) is 0 Å². The van der Waals surface area contributed by atoms with Crippen LogP contribution in [0.25, 0.3) is 0 Å². The maximum Gasteiger partial charge on any atom is 0.218 e. The summed E-state index contributed by atoms with van der Waals surface area (Å²) in [5.41, 5.74) is 0. The van der Waals surface area contributed by atoms with Crippen LogP contribution in [0, 0.1) is 0 Å². The Morgan fingerprint density at radius 2 is 1.60 bits per heavy atom. The molecule has 9 atom stereocenters. The topological polar surface area (TPSA) is 168 Å². The number of ether oxygens (including phenoxy) is 5. The van der Waals surface area contributed by atoms with Crippen molar-refractivity contribution in [3.8, 4) is 0 Å². The first-order chi connectivity index (χ1) is 14.0. The van der Waals surface area contributed by atoms with Gasteiger partial charge in [-0.25, -0.2) is 0 Å². The summed E-state index contributed by atoms with van der Waals surface area (Å²) in [5.74, 6) is -2.42. The highest BCUT2D eigenvalue weighted by atomic mass is 16.8. The first kappa shape index (κ1) is 25.8. The van der Waals surface area contributed by atoms with Gasteiger partial charge in [-0.05, 0) is 27.2 Å². The van der Waals surface area contributed by atoms with Crippen molar-refractivity contribution < 1.29 is 54.3 Å². The zero-order valence-corrected chi connectivity index (χ0v) is 17.8. The molecular formula is C19H36O11. The lowest BCUT2D eigenvalue weighted by atomic mass is 9.97. The van der Waals surface area contributed by atoms with E-state index in [4.69, 9.17) is 23.7 Å². The summed E-state index contributed by atoms with van der Waals surface area (Å²) in [7, 11) is 0. The molecule has 0 amide bonds. The quantitative estimate of drug-likeness (QED) is 0.224. The van der Waals surface area contributed by atoms with E-state index in [1.54, 1.807) is 20.8 Å². The molecule has 11 nitrogen and oxygen atoms in total. The van der Waals surface area contributed by atoms with E-state index in [0.717, 1.165) is 0 Å². The second kappa shape index (κ2) is 10.9. The second-order valence-corrected chi connectivity index (χ2v) is 8.16. The molecule has 6 N–H and O–H groups in total. The lowest BCUT2D eigenvalue weighted by molar-refractivity contribution is -0.399. The van der Waals surface area contributed by atoms with Crippen LogP contribution in [0.1, 0.15) is 40.5 Å². The van der Waals surface area contributed by atoms with Crippen molar-refractivity contribution in [2.75, 3.05) is 13.2 Å². The minimum absolute atomic E-state index is 0.288. The van der Waals surface area contributed by atoms with Crippen LogP contribution in [0.5, 0.6) is 0 Å². The lowest BCUT2D eigenvalue weighted by Crippen LogP contribution is -2.64. The van der Waals surface area contributed by atoms with E-state index in [9.17, 15) is 30.6 Å². The molecule has 9 unspecified atom stereocenters. The Labute approximate surface area is 176 Å². The van der Waals surface area contributed by atoms with E-state index in [1.165, 1.54) is 0 Å². The Morgan fingerprint density at radius 1 is 0.967 bits per heavy atom. The van der Waals surface area contributed by atoms with Crippen LogP contribution in [0.2, 0.25) is 0 Å². The molecule has 2 aliphatic heterocycles. The molecule has 0 aromatic carbocycles. The van der Waals surface area contributed by atoms with Gasteiger partial charge in [0.05, 0.1) is 31.5 Å². The number of rotatable bonds is 9. The highest BCUT2D eigenvalue weighted by Gasteiger charge is 2.52. The molecule has 0 radical (unpaired) electrons. The maximum atomic E-state index is 10.4. The Bertz CT molecular complexity index is 515. The van der Waals surface area contributed by atoms with E-state index in [1.807, 2.05) is 6.92 Å². The summed E-state index contributed by atoms with van der Waals surface area (Å²) < 4.78 is 27.8. The standard InChI is InChI=1S/C19H36O11/c1-5-10(4)27-18-19(24,25)6-11(12(7-20)30-18)28-17-15(23)14(22)16(26-9(2)3)13(8-21)29-17/h9-18,20-25H,5-8H2,1-4H3. The van der Waals surface area contributed by atoms with Gasteiger partial charge in [0.25, 0.3) is 0 Å². The van der Waals surface area contributed by atoms with Gasteiger partial charge in [0.15, 0.2) is 6.29 Å². The Morgan fingerprint density at radius 3 is 2.13 bits per heavy atom. The molecule has 0 aliphatic carbocycles. The van der Waals surface area contributed by atoms with Crippen molar-refractivity contribution in [2.24, 2.45) is 0 Å². The van der Waals surface area contributed by atoms with Crippen LogP contribution in [0.3, 0.4) is 0 Å². The van der Waals surface area contributed by atoms with Gasteiger partial charge in [0.2, 0.25) is 12.1 Å². The molecule has 30 heavy (non-hydrogen) atoms. The van der Waals surface area contributed by atoms with E-state index >= 15 is 0 Å². The SMILES string of the molecule is CCC(C)OC1OC(CO)C(OC2OC(CO)C(OC(C)C)C(O)C2O)CC1(O)O. The molecule has 2 aliphatic rings. The molecule has 178 valence electrons. The molecule has 2 heterocycles. The molecule has 2 saturated heterocycles. The van der Waals surface area contributed by atoms with Crippen LogP contribution in [0.4, 0.5) is 0 Å². The Kier molecular flexibility index (Phi) is 9.40. The van der Waals surface area contributed by atoms with Crippen LogP contribution < -0.4 is 0 Å². The number of aliphatic hydroxyl groups is 6. The fourth-order valence-electron chi connectivity index (χ4n) is 3.44. The lowest BCUT2D eigenvalue weighted by Gasteiger charge is -2.47. The molecule has 2 rings (SSSR count). The number of aliphatic hydroxyl groups excluding tert-OH is 4. The van der Waals surface area contributed by atoms with Crippen molar-refractivity contribution in [1.82, 2.24) is 0 Å². The van der Waals surface area contributed by atoms with Gasteiger partial charge in [-0.1, -0.05) is 6.92 Å². The Balaban J connectivity index is 2.10. The third-order valence-electron chi connectivity index (χ3n) is 5.26. The minimum atomic E-state index is -2.42. The summed E-state index contributed by atoms with van der Waals surface area (Å²) in [5, 5.41) is 60.9. The average Bonchev–Trinajstić information content (AvgIpc) is 2.68. The first-order valence-corrected chi connectivity index (χ1v) is 10.3. The summed E-state index contributed by atoms with van der Waals surface area (Å²) in [6.07, 6.45) is -10.3. The molecule has 11 heteroatoms. The van der Waals surface area contributed by atoms with Crippen molar-refractivity contribution in [3.63, 3.8) is 0 Å². The zero-order chi connectivity index (χ0) is 22.6. The highest BCUT2D eigenvalue weighted by molar-refractivity contribution is 4.93. The summed E-state index contributed by atoms with van der Waals surface area (Å²) in [6.45, 7) is 6.06. The van der Waals surface area contributed by atoms with Gasteiger partial charge in [-0.3, -0.25) is 0 Å². The number of hydrogen-bond acceptors (Lipinski definition) is 11. The van der Waals surface area contributed by atoms with Crippen molar-refractivity contribution in [2.45, 2.75) is 108 Å². The van der Waals surface area contributed by atoms with Crippen LogP contribution >= 0.6 is 0 Å². The molecule has 0 spiro atoms. The van der Waals surface area contributed by atoms with E-state index < -0.39 is 74.6 Å². The fraction of sp³-hybridized carbons (Fsp3) is 1.00. The summed E-state index contributed by atoms with van der Waals surface area (Å²) in [4.78, 5) is 0.